The van der Waals surface area contributed by atoms with E-state index in [2.05, 4.69) is 16.0 Å². The van der Waals surface area contributed by atoms with E-state index in [4.69, 9.17) is 10.8 Å². The second-order valence-electron chi connectivity index (χ2n) is 9.38. The first-order valence-corrected chi connectivity index (χ1v) is 13.3. The number of aliphatic carboxylic acids is 2. The van der Waals surface area contributed by atoms with Crippen molar-refractivity contribution in [2.75, 3.05) is 5.75 Å². The van der Waals surface area contributed by atoms with Gasteiger partial charge in [0.1, 0.15) is 4.75 Å². The third kappa shape index (κ3) is 8.01. The van der Waals surface area contributed by atoms with Gasteiger partial charge in [0.25, 0.3) is 0 Å². The van der Waals surface area contributed by atoms with E-state index in [1.807, 2.05) is 6.92 Å². The van der Waals surface area contributed by atoms with Crippen LogP contribution in [0.2, 0.25) is 0 Å². The zero-order chi connectivity index (χ0) is 26.0. The summed E-state index contributed by atoms with van der Waals surface area (Å²) < 4.78 is -1.03. The van der Waals surface area contributed by atoms with Crippen molar-refractivity contribution in [1.82, 2.24) is 16.0 Å². The predicted molar refractivity (Wildman–Crippen MR) is 131 cm³/mol. The largest absolute Gasteiger partial charge is 0.481 e. The fourth-order valence-electron chi connectivity index (χ4n) is 4.90. The van der Waals surface area contributed by atoms with Crippen molar-refractivity contribution in [2.24, 2.45) is 11.7 Å². The number of carbonyl (C=O) groups excluding carboxylic acids is 3. The van der Waals surface area contributed by atoms with E-state index < -0.39 is 40.6 Å². The van der Waals surface area contributed by atoms with Crippen LogP contribution in [-0.2, 0) is 19.2 Å². The van der Waals surface area contributed by atoms with Crippen molar-refractivity contribution in [1.29, 1.82) is 0 Å². The van der Waals surface area contributed by atoms with Crippen LogP contribution in [0.5, 0.6) is 0 Å². The molecule has 0 saturated carbocycles. The number of carboxylic acid groups (broad SMARTS) is 2. The van der Waals surface area contributed by atoms with Crippen LogP contribution >= 0.6 is 11.8 Å². The van der Waals surface area contributed by atoms with Crippen molar-refractivity contribution >= 4 is 41.5 Å². The van der Waals surface area contributed by atoms with E-state index in [1.54, 1.807) is 0 Å². The van der Waals surface area contributed by atoms with Crippen LogP contribution in [0, 0.1) is 5.92 Å². The first kappa shape index (κ1) is 28.7. The summed E-state index contributed by atoms with van der Waals surface area (Å²) in [6, 6.07) is -1.70. The topological polar surface area (TPSA) is 188 Å². The van der Waals surface area contributed by atoms with Crippen LogP contribution < -0.4 is 21.7 Å². The molecule has 2 aliphatic rings. The number of nitrogens with two attached hydrogens (primary N) is 1. The van der Waals surface area contributed by atoms with Crippen molar-refractivity contribution in [3.8, 4) is 0 Å². The van der Waals surface area contributed by atoms with Gasteiger partial charge in [0.15, 0.2) is 0 Å². The van der Waals surface area contributed by atoms with E-state index >= 15 is 0 Å². The fourth-order valence-corrected chi connectivity index (χ4v) is 6.54. The highest BCUT2D eigenvalue weighted by Crippen LogP contribution is 2.44. The van der Waals surface area contributed by atoms with Crippen molar-refractivity contribution < 1.29 is 34.2 Å². The number of unbranched alkanes of at least 4 members (excludes halogenated alkanes) is 3. The van der Waals surface area contributed by atoms with Gasteiger partial charge in [-0.3, -0.25) is 19.2 Å². The Morgan fingerprint density at radius 1 is 1.09 bits per heavy atom. The predicted octanol–water partition coefficient (Wildman–Crippen LogP) is 1.59. The molecule has 35 heavy (non-hydrogen) atoms. The van der Waals surface area contributed by atoms with Crippen LogP contribution in [0.1, 0.15) is 77.6 Å². The molecule has 7 N–H and O–H groups in total. The van der Waals surface area contributed by atoms with Gasteiger partial charge in [-0.2, -0.15) is 0 Å². The highest BCUT2D eigenvalue weighted by molar-refractivity contribution is 8.01. The van der Waals surface area contributed by atoms with Crippen molar-refractivity contribution in [3.63, 3.8) is 0 Å². The number of rotatable bonds is 17. The third-order valence-corrected chi connectivity index (χ3v) is 8.46. The molecule has 2 fully saturated rings. The molecule has 0 radical (unpaired) electrons. The number of primary amides is 1. The average molecular weight is 515 g/mol. The summed E-state index contributed by atoms with van der Waals surface area (Å²) in [5, 5.41) is 27.6. The number of nitrogens with one attached hydrogen (secondary N) is 3. The van der Waals surface area contributed by atoms with Crippen LogP contribution in [0.3, 0.4) is 0 Å². The molecule has 198 valence electrons. The van der Waals surface area contributed by atoms with Gasteiger partial charge >= 0.3 is 18.0 Å². The van der Waals surface area contributed by atoms with E-state index in [0.29, 0.717) is 57.1 Å². The normalized spacial score (nSPS) is 24.7. The maximum absolute atomic E-state index is 13.8. The molecule has 2 heterocycles. The fraction of sp³-hybridized carbons (Fsp3) is 0.783. The number of thioether (sulfide) groups is 1. The highest BCUT2D eigenvalue weighted by Gasteiger charge is 2.58. The molecule has 0 bridgehead atoms. The van der Waals surface area contributed by atoms with Crippen LogP contribution in [-0.4, -0.2) is 68.6 Å². The van der Waals surface area contributed by atoms with E-state index in [9.17, 15) is 29.1 Å². The maximum Gasteiger partial charge on any atom is 0.315 e. The van der Waals surface area contributed by atoms with Gasteiger partial charge in [0.2, 0.25) is 11.8 Å². The molecule has 0 aromatic heterocycles. The lowest BCUT2D eigenvalue weighted by Gasteiger charge is -2.35. The maximum atomic E-state index is 13.8. The number of carbonyl (C=O) groups is 5. The van der Waals surface area contributed by atoms with Gasteiger partial charge in [-0.05, 0) is 32.1 Å². The number of urea groups is 1. The van der Waals surface area contributed by atoms with Crippen LogP contribution in [0.25, 0.3) is 0 Å². The monoisotopic (exact) mass is 514 g/mol. The molecule has 5 atom stereocenters. The summed E-state index contributed by atoms with van der Waals surface area (Å²) in [7, 11) is 0. The summed E-state index contributed by atoms with van der Waals surface area (Å²) in [6.07, 6.45) is 4.77. The second kappa shape index (κ2) is 13.6. The molecule has 2 saturated heterocycles. The summed E-state index contributed by atoms with van der Waals surface area (Å²) in [4.78, 5) is 60.0. The summed E-state index contributed by atoms with van der Waals surface area (Å²) in [5.41, 5.74) is 5.22. The number of carboxylic acids is 2. The molecular formula is C23H38N4O7S. The molecule has 0 spiro atoms. The minimum atomic E-state index is -1.03. The van der Waals surface area contributed by atoms with Crippen molar-refractivity contribution in [2.45, 2.75) is 100 Å². The lowest BCUT2D eigenvalue weighted by atomic mass is 9.86. The summed E-state index contributed by atoms with van der Waals surface area (Å²) in [5.74, 6) is -2.91. The van der Waals surface area contributed by atoms with Crippen molar-refractivity contribution in [3.05, 3.63) is 0 Å². The Balaban J connectivity index is 2.22. The van der Waals surface area contributed by atoms with Gasteiger partial charge in [-0.1, -0.05) is 32.6 Å². The molecule has 0 aromatic rings. The SMILES string of the molecule is CCCCC(C(=O)O)C(CCCCC(N)=O)NC(=O)[C@@]1(CCCCC(=O)O)SC[C@@H]2NC(=O)N[C@@H]21. The molecule has 2 aliphatic heterocycles. The van der Waals surface area contributed by atoms with Gasteiger partial charge in [-0.25, -0.2) is 4.79 Å². The number of hydrogen-bond acceptors (Lipinski definition) is 6. The Labute approximate surface area is 209 Å². The van der Waals surface area contributed by atoms with Gasteiger partial charge < -0.3 is 31.9 Å². The molecule has 2 rings (SSSR count). The third-order valence-electron chi connectivity index (χ3n) is 6.78. The van der Waals surface area contributed by atoms with Crippen LogP contribution in [0.4, 0.5) is 4.79 Å². The Morgan fingerprint density at radius 2 is 1.80 bits per heavy atom. The average Bonchev–Trinajstić information content (AvgIpc) is 3.31. The van der Waals surface area contributed by atoms with E-state index in [-0.39, 0.29) is 30.8 Å². The Morgan fingerprint density at radius 3 is 2.43 bits per heavy atom. The molecular weight excluding hydrogens is 476 g/mol. The molecule has 4 amide bonds. The molecule has 11 nitrogen and oxygen atoms in total. The molecule has 0 aliphatic carbocycles. The zero-order valence-corrected chi connectivity index (χ0v) is 21.0. The Hall–Kier alpha value is -2.50. The minimum absolute atomic E-state index is 0.0122. The van der Waals surface area contributed by atoms with Crippen LogP contribution in [0.15, 0.2) is 0 Å². The van der Waals surface area contributed by atoms with E-state index in [0.717, 1.165) is 6.42 Å². The standard InChI is InChI=1S/C23H38N4O7S/c1-2-3-8-14(20(31)32)15(9-4-5-10-17(24)28)25-21(33)23(12-7-6-11-18(29)30)19-16(13-35-23)26-22(34)27-19/h14-16,19H,2-13H2,1H3,(H2,24,28)(H,25,33)(H,29,30)(H,31,32)(H2,26,27,34)/t14?,15?,16-,19-,23-/m0/s1. The first-order chi connectivity index (χ1) is 16.6. The highest BCUT2D eigenvalue weighted by atomic mass is 32.2. The first-order valence-electron chi connectivity index (χ1n) is 12.4. The van der Waals surface area contributed by atoms with Gasteiger partial charge in [-0.15, -0.1) is 11.8 Å². The summed E-state index contributed by atoms with van der Waals surface area (Å²) >= 11 is 1.42. The molecule has 2 unspecified atom stereocenters. The smallest absolute Gasteiger partial charge is 0.315 e. The molecule has 12 heteroatoms. The lowest BCUT2D eigenvalue weighted by molar-refractivity contribution is -0.143. The summed E-state index contributed by atoms with van der Waals surface area (Å²) in [6.45, 7) is 1.97. The quantitative estimate of drug-likeness (QED) is 0.125. The van der Waals surface area contributed by atoms with Gasteiger partial charge in [0, 0.05) is 24.6 Å². The number of amides is 4. The number of fused-ring (bicyclic) bond motifs is 1. The second-order valence-corrected chi connectivity index (χ2v) is 10.7. The Bertz CT molecular complexity index is 796. The van der Waals surface area contributed by atoms with Gasteiger partial charge in [0.05, 0.1) is 18.0 Å². The van der Waals surface area contributed by atoms with E-state index in [1.165, 1.54) is 11.8 Å². The number of hydrogen-bond donors (Lipinski definition) is 6. The lowest BCUT2D eigenvalue weighted by Crippen LogP contribution is -2.59. The molecule has 0 aromatic carbocycles. The Kier molecular flexibility index (Phi) is 11.1. The zero-order valence-electron chi connectivity index (χ0n) is 20.2. The minimum Gasteiger partial charge on any atom is -0.481 e.